The first-order valence-electron chi connectivity index (χ1n) is 3.73. The van der Waals surface area contributed by atoms with Crippen molar-refractivity contribution in [1.29, 1.82) is 0 Å². The Labute approximate surface area is 66.5 Å². The van der Waals surface area contributed by atoms with E-state index in [1.807, 2.05) is 0 Å². The second-order valence-corrected chi connectivity index (χ2v) is 3.37. The molecule has 0 aromatic rings. The number of hydrogen-bond donors (Lipinski definition) is 0. The van der Waals surface area contributed by atoms with Crippen LogP contribution in [0.2, 0.25) is 0 Å². The van der Waals surface area contributed by atoms with Crippen LogP contribution >= 0.6 is 0 Å². The first kappa shape index (κ1) is 9.49. The highest BCUT2D eigenvalue weighted by molar-refractivity contribution is 5.98. The van der Waals surface area contributed by atoms with Crippen LogP contribution in [0.15, 0.2) is 0 Å². The molecule has 1 nitrogen and oxygen atoms in total. The average Bonchev–Trinajstić information content (AvgIpc) is 1.82. The maximum absolute atomic E-state index is 5.35. The van der Waals surface area contributed by atoms with Crippen molar-refractivity contribution < 1.29 is 3.79 Å². The smallest absolute Gasteiger partial charge is 0.410 e. The summed E-state index contributed by atoms with van der Waals surface area (Å²) < 4.78 is 5.35. The molecule has 0 aromatic carbocycles. The molecular formula is C7H17AlO. The second-order valence-electron chi connectivity index (χ2n) is 2.90. The lowest BCUT2D eigenvalue weighted by Crippen LogP contribution is -2.12. The summed E-state index contributed by atoms with van der Waals surface area (Å²) in [6.07, 6.45) is 2.93. The molecule has 1 atom stereocenters. The summed E-state index contributed by atoms with van der Waals surface area (Å²) in [5.41, 5.74) is 0. The van der Waals surface area contributed by atoms with Gasteiger partial charge in [0.25, 0.3) is 0 Å². The molecule has 0 aliphatic rings. The van der Waals surface area contributed by atoms with E-state index < -0.39 is 0 Å². The molecule has 0 aromatic heterocycles. The molecule has 9 heavy (non-hydrogen) atoms. The molecule has 0 aliphatic carbocycles. The molecule has 54 valence electrons. The van der Waals surface area contributed by atoms with Gasteiger partial charge in [-0.05, 0) is 18.8 Å². The van der Waals surface area contributed by atoms with Crippen LogP contribution in [0.5, 0.6) is 0 Å². The van der Waals surface area contributed by atoms with Crippen LogP contribution in [-0.4, -0.2) is 22.7 Å². The summed E-state index contributed by atoms with van der Waals surface area (Å²) in [6, 6.07) is 0. The summed E-state index contributed by atoms with van der Waals surface area (Å²) in [6.45, 7) is 6.66. The molecule has 0 saturated carbocycles. The Kier molecular flexibility index (Phi) is 5.58. The minimum atomic E-state index is 0.539. The Morgan fingerprint density at radius 2 is 2.00 bits per heavy atom. The second kappa shape index (κ2) is 5.29. The third-order valence-corrected chi connectivity index (χ3v) is 2.19. The quantitative estimate of drug-likeness (QED) is 0.541. The molecule has 0 fully saturated rings. The van der Waals surface area contributed by atoms with E-state index in [9.17, 15) is 0 Å². The lowest BCUT2D eigenvalue weighted by Gasteiger charge is -2.16. The van der Waals surface area contributed by atoms with E-state index in [-0.39, 0.29) is 0 Å². The van der Waals surface area contributed by atoms with E-state index in [0.717, 1.165) is 22.5 Å². The molecule has 0 N–H and O–H groups in total. The molecule has 0 aliphatic heterocycles. The van der Waals surface area contributed by atoms with E-state index in [2.05, 4.69) is 20.8 Å². The van der Waals surface area contributed by atoms with Gasteiger partial charge in [-0.2, -0.15) is 0 Å². The number of rotatable bonds is 4. The highest BCUT2D eigenvalue weighted by atomic mass is 27.1. The van der Waals surface area contributed by atoms with Gasteiger partial charge in [0, 0.05) is 6.10 Å². The zero-order valence-corrected chi connectivity index (χ0v) is 8.98. The van der Waals surface area contributed by atoms with Gasteiger partial charge in [-0.15, -0.1) is 0 Å². The lowest BCUT2D eigenvalue weighted by molar-refractivity contribution is 0.186. The minimum Gasteiger partial charge on any atom is -0.504 e. The molecule has 1 unspecified atom stereocenters. The van der Waals surface area contributed by atoms with Crippen LogP contribution in [-0.2, 0) is 3.79 Å². The third kappa shape index (κ3) is 4.96. The summed E-state index contributed by atoms with van der Waals surface area (Å²) in [7, 11) is 0. The van der Waals surface area contributed by atoms with Gasteiger partial charge in [0.1, 0.15) is 0 Å². The lowest BCUT2D eigenvalue weighted by atomic mass is 10.0. The Hall–Kier alpha value is 0.492. The Morgan fingerprint density at radius 3 is 2.11 bits per heavy atom. The first-order chi connectivity index (χ1) is 4.20. The molecule has 0 bridgehead atoms. The molecule has 0 spiro atoms. The van der Waals surface area contributed by atoms with Gasteiger partial charge in [0.2, 0.25) is 0 Å². The summed E-state index contributed by atoms with van der Waals surface area (Å²) in [5.74, 6) is 0.781. The zero-order valence-electron chi connectivity index (χ0n) is 6.98. The van der Waals surface area contributed by atoms with E-state index in [1.165, 1.54) is 12.8 Å². The van der Waals surface area contributed by atoms with Crippen LogP contribution in [0.1, 0.15) is 33.6 Å². The Balaban J connectivity index is 3.31. The predicted molar refractivity (Wildman–Crippen MR) is 43.2 cm³/mol. The molecule has 0 saturated heterocycles. The summed E-state index contributed by atoms with van der Waals surface area (Å²) in [5, 5.41) is 0. The van der Waals surface area contributed by atoms with Crippen molar-refractivity contribution >= 4 is 16.6 Å². The van der Waals surface area contributed by atoms with Crippen molar-refractivity contribution in [3.8, 4) is 0 Å². The van der Waals surface area contributed by atoms with Crippen LogP contribution < -0.4 is 0 Å². The monoisotopic (exact) mass is 144 g/mol. The van der Waals surface area contributed by atoms with E-state index in [1.54, 1.807) is 0 Å². The minimum absolute atomic E-state index is 0.539. The van der Waals surface area contributed by atoms with Crippen LogP contribution in [0.3, 0.4) is 0 Å². The maximum atomic E-state index is 5.35. The third-order valence-electron chi connectivity index (χ3n) is 1.52. The fraction of sp³-hybridized carbons (Fsp3) is 1.00. The van der Waals surface area contributed by atoms with Crippen molar-refractivity contribution in [3.63, 3.8) is 0 Å². The predicted octanol–water partition coefficient (Wildman–Crippen LogP) is 1.38. The van der Waals surface area contributed by atoms with Crippen LogP contribution in [0, 0.1) is 5.92 Å². The topological polar surface area (TPSA) is 9.23 Å². The van der Waals surface area contributed by atoms with Crippen molar-refractivity contribution in [2.45, 2.75) is 39.7 Å². The Morgan fingerprint density at radius 1 is 1.44 bits per heavy atom. The van der Waals surface area contributed by atoms with Gasteiger partial charge in [0.05, 0.1) is 0 Å². The fourth-order valence-electron chi connectivity index (χ4n) is 0.955. The van der Waals surface area contributed by atoms with Gasteiger partial charge >= 0.3 is 16.6 Å². The van der Waals surface area contributed by atoms with Crippen molar-refractivity contribution in [3.05, 3.63) is 0 Å². The maximum Gasteiger partial charge on any atom is 0.410 e. The highest BCUT2D eigenvalue weighted by Crippen LogP contribution is 2.09. The normalized spacial score (nSPS) is 14.2. The van der Waals surface area contributed by atoms with Gasteiger partial charge in [-0.25, -0.2) is 0 Å². The van der Waals surface area contributed by atoms with Crippen molar-refractivity contribution in [2.24, 2.45) is 5.92 Å². The molecular weight excluding hydrogens is 127 g/mol. The summed E-state index contributed by atoms with van der Waals surface area (Å²) in [4.78, 5) is 0. The molecule has 0 radical (unpaired) electrons. The Bertz CT molecular complexity index is 59.9. The van der Waals surface area contributed by atoms with E-state index in [4.69, 9.17) is 3.79 Å². The first-order valence-corrected chi connectivity index (χ1v) is 4.55. The molecule has 0 amide bonds. The number of hydrogen-bond acceptors (Lipinski definition) is 1. The van der Waals surface area contributed by atoms with E-state index >= 15 is 0 Å². The fourth-order valence-corrected chi connectivity index (χ4v) is 1.48. The highest BCUT2D eigenvalue weighted by Gasteiger charge is 2.04. The van der Waals surface area contributed by atoms with Gasteiger partial charge in [0.15, 0.2) is 0 Å². The van der Waals surface area contributed by atoms with Crippen molar-refractivity contribution in [2.75, 3.05) is 0 Å². The van der Waals surface area contributed by atoms with E-state index in [0.29, 0.717) is 6.10 Å². The van der Waals surface area contributed by atoms with Crippen molar-refractivity contribution in [1.82, 2.24) is 0 Å². The molecule has 2 heteroatoms. The van der Waals surface area contributed by atoms with Crippen LogP contribution in [0.4, 0.5) is 0 Å². The molecule has 0 heterocycles. The average molecular weight is 144 g/mol. The molecule has 0 rings (SSSR count). The SMILES string of the molecule is CCC(CC(C)C)[O][AlH2]. The standard InChI is InChI=1S/C7H15O.Al.2H/c1-4-7(8)5-6(2)3;;;/h6-7H,4-5H2,1-3H3;;;/q-1;+1;;. The summed E-state index contributed by atoms with van der Waals surface area (Å²) >= 11 is 0.887. The zero-order chi connectivity index (χ0) is 7.28. The largest absolute Gasteiger partial charge is 0.504 e. The van der Waals surface area contributed by atoms with Gasteiger partial charge in [-0.3, -0.25) is 0 Å². The van der Waals surface area contributed by atoms with Crippen LogP contribution in [0.25, 0.3) is 0 Å². The van der Waals surface area contributed by atoms with Gasteiger partial charge < -0.3 is 3.79 Å². The van der Waals surface area contributed by atoms with Gasteiger partial charge in [-0.1, -0.05) is 20.8 Å².